The van der Waals surface area contributed by atoms with Gasteiger partial charge >= 0.3 is 0 Å². The zero-order valence-corrected chi connectivity index (χ0v) is 9.17. The van der Waals surface area contributed by atoms with Gasteiger partial charge in [-0.25, -0.2) is 0 Å². The number of nitrogens with zero attached hydrogens (tertiary/aromatic N) is 2. The normalized spacial score (nSPS) is 16.8. The number of halogens is 1. The van der Waals surface area contributed by atoms with Crippen molar-refractivity contribution in [3.63, 3.8) is 0 Å². The summed E-state index contributed by atoms with van der Waals surface area (Å²) in [6.45, 7) is 4.41. The molecular formula is C10H14ClN3. The molecule has 1 fully saturated rings. The van der Waals surface area contributed by atoms with Gasteiger partial charge in [0.15, 0.2) is 5.15 Å². The van der Waals surface area contributed by atoms with Gasteiger partial charge in [-0.3, -0.25) is 0 Å². The highest BCUT2D eigenvalue weighted by Crippen LogP contribution is 2.41. The van der Waals surface area contributed by atoms with E-state index in [1.165, 1.54) is 12.8 Å². The first kappa shape index (κ1) is 9.71. The predicted octanol–water partition coefficient (Wildman–Crippen LogP) is 2.73. The third-order valence-corrected chi connectivity index (χ3v) is 2.87. The quantitative estimate of drug-likeness (QED) is 0.836. The molecule has 1 heterocycles. The Morgan fingerprint density at radius 1 is 1.50 bits per heavy atom. The Morgan fingerprint density at radius 3 is 2.79 bits per heavy atom. The summed E-state index contributed by atoms with van der Waals surface area (Å²) >= 11 is 5.76. The van der Waals surface area contributed by atoms with Gasteiger partial charge in [-0.15, -0.1) is 5.10 Å². The minimum absolute atomic E-state index is 0.131. The first-order valence-electron chi connectivity index (χ1n) is 4.84. The largest absolute Gasteiger partial charge is 0.378 e. The molecule has 2 rings (SSSR count). The first-order chi connectivity index (χ1) is 6.58. The smallest absolute Gasteiger partial charge is 0.153 e. The van der Waals surface area contributed by atoms with Crippen LogP contribution < -0.4 is 5.32 Å². The molecule has 1 aliphatic rings. The van der Waals surface area contributed by atoms with E-state index in [4.69, 9.17) is 11.6 Å². The van der Waals surface area contributed by atoms with Gasteiger partial charge in [-0.2, -0.15) is 5.10 Å². The predicted molar refractivity (Wildman–Crippen MR) is 57.5 cm³/mol. The van der Waals surface area contributed by atoms with Gasteiger partial charge in [0.05, 0.1) is 11.9 Å². The lowest BCUT2D eigenvalue weighted by Crippen LogP contribution is -2.33. The molecule has 14 heavy (non-hydrogen) atoms. The molecule has 1 N–H and O–H groups in total. The molecule has 0 aliphatic heterocycles. The molecule has 0 unspecified atom stereocenters. The van der Waals surface area contributed by atoms with Crippen molar-refractivity contribution in [3.05, 3.63) is 17.4 Å². The van der Waals surface area contributed by atoms with Crippen LogP contribution in [0.4, 0.5) is 5.69 Å². The third-order valence-electron chi connectivity index (χ3n) is 2.69. The summed E-state index contributed by atoms with van der Waals surface area (Å²) in [5.74, 6) is 0.773. The van der Waals surface area contributed by atoms with Gasteiger partial charge in [0, 0.05) is 11.6 Å². The Morgan fingerprint density at radius 2 is 2.21 bits per heavy atom. The van der Waals surface area contributed by atoms with Crippen molar-refractivity contribution in [2.24, 2.45) is 5.92 Å². The fourth-order valence-corrected chi connectivity index (χ4v) is 1.85. The van der Waals surface area contributed by atoms with E-state index in [1.807, 2.05) is 0 Å². The standard InChI is InChI=1S/C10H14ClN3/c1-10(2,7-3-4-7)13-8-5-9(11)14-12-6-8/h5-7H,3-4H2,1-2H3,(H,13,14). The fourth-order valence-electron chi connectivity index (χ4n) is 1.69. The lowest BCUT2D eigenvalue weighted by atomic mass is 9.98. The van der Waals surface area contributed by atoms with Gasteiger partial charge in [0.25, 0.3) is 0 Å². The maximum Gasteiger partial charge on any atom is 0.153 e. The van der Waals surface area contributed by atoms with Crippen molar-refractivity contribution >= 4 is 17.3 Å². The Kier molecular flexibility index (Phi) is 2.35. The average Bonchev–Trinajstić information content (AvgIpc) is 2.84. The van der Waals surface area contributed by atoms with Crippen LogP contribution in [0.3, 0.4) is 0 Å². The summed E-state index contributed by atoms with van der Waals surface area (Å²) in [5, 5.41) is 11.4. The zero-order valence-electron chi connectivity index (χ0n) is 8.42. The first-order valence-corrected chi connectivity index (χ1v) is 5.22. The van der Waals surface area contributed by atoms with E-state index in [2.05, 4.69) is 29.4 Å². The number of anilines is 1. The molecule has 1 saturated carbocycles. The molecule has 1 aromatic rings. The van der Waals surface area contributed by atoms with Gasteiger partial charge in [0.2, 0.25) is 0 Å². The summed E-state index contributed by atoms with van der Waals surface area (Å²) in [5.41, 5.74) is 1.08. The SMILES string of the molecule is CC(C)(Nc1cnnc(Cl)c1)C1CC1. The van der Waals surface area contributed by atoms with Crippen LogP contribution in [0, 0.1) is 5.92 Å². The molecule has 0 aromatic carbocycles. The second-order valence-electron chi connectivity index (χ2n) is 4.39. The third kappa shape index (κ3) is 2.15. The molecule has 3 nitrogen and oxygen atoms in total. The summed E-state index contributed by atoms with van der Waals surface area (Å²) in [6.07, 6.45) is 4.33. The molecule has 0 bridgehead atoms. The molecule has 1 aromatic heterocycles. The molecular weight excluding hydrogens is 198 g/mol. The molecule has 4 heteroatoms. The van der Waals surface area contributed by atoms with Crippen LogP contribution in [0.15, 0.2) is 12.3 Å². The molecule has 0 atom stereocenters. The van der Waals surface area contributed by atoms with Crippen molar-refractivity contribution in [3.8, 4) is 0 Å². The highest BCUT2D eigenvalue weighted by Gasteiger charge is 2.37. The molecule has 0 spiro atoms. The van der Waals surface area contributed by atoms with E-state index in [1.54, 1.807) is 12.3 Å². The summed E-state index contributed by atoms with van der Waals surface area (Å²) in [7, 11) is 0. The monoisotopic (exact) mass is 211 g/mol. The second kappa shape index (κ2) is 3.39. The van der Waals surface area contributed by atoms with E-state index in [9.17, 15) is 0 Å². The Balaban J connectivity index is 2.09. The van der Waals surface area contributed by atoms with Gasteiger partial charge < -0.3 is 5.32 Å². The average molecular weight is 212 g/mol. The molecule has 0 amide bonds. The van der Waals surface area contributed by atoms with E-state index in [0.717, 1.165) is 11.6 Å². The number of rotatable bonds is 3. The zero-order chi connectivity index (χ0) is 10.2. The van der Waals surface area contributed by atoms with Gasteiger partial charge in [-0.05, 0) is 32.6 Å². The van der Waals surface area contributed by atoms with E-state index >= 15 is 0 Å². The Labute approximate surface area is 88.9 Å². The van der Waals surface area contributed by atoms with Crippen molar-refractivity contribution in [2.75, 3.05) is 5.32 Å². The van der Waals surface area contributed by atoms with Gasteiger partial charge in [-0.1, -0.05) is 11.6 Å². The summed E-state index contributed by atoms with van der Waals surface area (Å²) in [4.78, 5) is 0. The second-order valence-corrected chi connectivity index (χ2v) is 4.78. The minimum atomic E-state index is 0.131. The number of nitrogens with one attached hydrogen (secondary N) is 1. The topological polar surface area (TPSA) is 37.8 Å². The van der Waals surface area contributed by atoms with Gasteiger partial charge in [0.1, 0.15) is 0 Å². The van der Waals surface area contributed by atoms with E-state index in [-0.39, 0.29) is 5.54 Å². The van der Waals surface area contributed by atoms with Crippen LogP contribution in [0.1, 0.15) is 26.7 Å². The van der Waals surface area contributed by atoms with E-state index in [0.29, 0.717) is 5.15 Å². The number of hydrogen-bond donors (Lipinski definition) is 1. The van der Waals surface area contributed by atoms with Crippen molar-refractivity contribution in [2.45, 2.75) is 32.2 Å². The minimum Gasteiger partial charge on any atom is -0.378 e. The lowest BCUT2D eigenvalue weighted by molar-refractivity contribution is 0.494. The van der Waals surface area contributed by atoms with Crippen LogP contribution >= 0.6 is 11.6 Å². The van der Waals surface area contributed by atoms with Crippen molar-refractivity contribution in [1.82, 2.24) is 10.2 Å². The molecule has 76 valence electrons. The maximum atomic E-state index is 5.76. The molecule has 0 radical (unpaired) electrons. The number of aromatic nitrogens is 2. The summed E-state index contributed by atoms with van der Waals surface area (Å²) in [6, 6.07) is 1.80. The Bertz CT molecular complexity index is 334. The van der Waals surface area contributed by atoms with Crippen LogP contribution in [0.2, 0.25) is 5.15 Å². The molecule has 0 saturated heterocycles. The van der Waals surface area contributed by atoms with Crippen molar-refractivity contribution < 1.29 is 0 Å². The number of hydrogen-bond acceptors (Lipinski definition) is 3. The maximum absolute atomic E-state index is 5.76. The molecule has 1 aliphatic carbocycles. The highest BCUT2D eigenvalue weighted by molar-refractivity contribution is 6.29. The van der Waals surface area contributed by atoms with Crippen molar-refractivity contribution in [1.29, 1.82) is 0 Å². The van der Waals surface area contributed by atoms with Crippen LogP contribution in [0.25, 0.3) is 0 Å². The Hall–Kier alpha value is -0.830. The fraction of sp³-hybridized carbons (Fsp3) is 0.600. The highest BCUT2D eigenvalue weighted by atomic mass is 35.5. The van der Waals surface area contributed by atoms with E-state index < -0.39 is 0 Å². The van der Waals surface area contributed by atoms with Crippen LogP contribution in [0.5, 0.6) is 0 Å². The summed E-state index contributed by atoms with van der Waals surface area (Å²) < 4.78 is 0. The van der Waals surface area contributed by atoms with Crippen LogP contribution in [-0.2, 0) is 0 Å². The van der Waals surface area contributed by atoms with Crippen LogP contribution in [-0.4, -0.2) is 15.7 Å². The lowest BCUT2D eigenvalue weighted by Gasteiger charge is -2.27.